The molecule has 0 fully saturated rings. The molecule has 0 spiro atoms. The second kappa shape index (κ2) is 7.25. The van der Waals surface area contributed by atoms with Crippen molar-refractivity contribution in [1.29, 1.82) is 0 Å². The SMILES string of the molecule is CN1CCc2cc(C(=O)N(c3ccc(O)cc3)S(=O)(=O)c3ccccc3)ccc21. The Kier molecular flexibility index (Phi) is 4.76. The number of nitrogens with zero attached hydrogens (tertiary/aromatic N) is 2. The van der Waals surface area contributed by atoms with Crippen LogP contribution < -0.4 is 9.21 Å². The van der Waals surface area contributed by atoms with Gasteiger partial charge in [-0.15, -0.1) is 0 Å². The zero-order valence-electron chi connectivity index (χ0n) is 15.8. The molecule has 1 heterocycles. The molecule has 3 aromatic rings. The fourth-order valence-corrected chi connectivity index (χ4v) is 4.90. The predicted octanol–water partition coefficient (Wildman–Crippen LogP) is 3.42. The topological polar surface area (TPSA) is 77.9 Å². The largest absolute Gasteiger partial charge is 0.508 e. The Morgan fingerprint density at radius 1 is 1.00 bits per heavy atom. The second-order valence-corrected chi connectivity index (χ2v) is 8.71. The molecule has 0 saturated heterocycles. The van der Waals surface area contributed by atoms with E-state index in [0.717, 1.165) is 28.5 Å². The van der Waals surface area contributed by atoms with Crippen LogP contribution >= 0.6 is 0 Å². The number of carbonyl (C=O) groups is 1. The number of anilines is 2. The molecule has 1 N–H and O–H groups in total. The first-order valence-corrected chi connectivity index (χ1v) is 10.6. The molecule has 6 nitrogen and oxygen atoms in total. The van der Waals surface area contributed by atoms with Gasteiger partial charge in [0, 0.05) is 24.8 Å². The Bertz CT molecular complexity index is 1160. The Labute approximate surface area is 169 Å². The van der Waals surface area contributed by atoms with Crippen LogP contribution in [0.4, 0.5) is 11.4 Å². The van der Waals surface area contributed by atoms with Crippen molar-refractivity contribution < 1.29 is 18.3 Å². The summed E-state index contributed by atoms with van der Waals surface area (Å²) in [6.45, 7) is 0.858. The maximum absolute atomic E-state index is 13.4. The number of benzene rings is 3. The molecular formula is C22H20N2O4S. The number of aromatic hydroxyl groups is 1. The molecule has 0 aliphatic carbocycles. The van der Waals surface area contributed by atoms with Crippen molar-refractivity contribution in [2.45, 2.75) is 11.3 Å². The lowest BCUT2D eigenvalue weighted by Gasteiger charge is -2.23. The zero-order valence-corrected chi connectivity index (χ0v) is 16.6. The van der Waals surface area contributed by atoms with Gasteiger partial charge in [0.15, 0.2) is 0 Å². The number of likely N-dealkylation sites (N-methyl/N-ethyl adjacent to an activating group) is 1. The van der Waals surface area contributed by atoms with Gasteiger partial charge in [0.25, 0.3) is 15.9 Å². The molecule has 0 atom stereocenters. The summed E-state index contributed by atoms with van der Waals surface area (Å²) in [6.07, 6.45) is 0.803. The van der Waals surface area contributed by atoms with Crippen molar-refractivity contribution in [2.75, 3.05) is 22.8 Å². The molecule has 1 amide bonds. The number of rotatable bonds is 4. The molecule has 29 heavy (non-hydrogen) atoms. The molecule has 148 valence electrons. The molecule has 0 radical (unpaired) electrons. The van der Waals surface area contributed by atoms with E-state index < -0.39 is 15.9 Å². The normalized spacial score (nSPS) is 13.2. The number of carbonyl (C=O) groups excluding carboxylic acids is 1. The molecule has 1 aliphatic rings. The molecule has 0 saturated carbocycles. The van der Waals surface area contributed by atoms with Crippen molar-refractivity contribution in [3.8, 4) is 5.75 Å². The van der Waals surface area contributed by atoms with E-state index >= 15 is 0 Å². The molecule has 4 rings (SSSR count). The van der Waals surface area contributed by atoms with Crippen LogP contribution in [0.1, 0.15) is 15.9 Å². The molecule has 1 aliphatic heterocycles. The first-order chi connectivity index (χ1) is 13.9. The van der Waals surface area contributed by atoms with Crippen LogP contribution in [-0.2, 0) is 16.4 Å². The maximum Gasteiger partial charge on any atom is 0.272 e. The minimum absolute atomic E-state index is 0.0150. The van der Waals surface area contributed by atoms with Gasteiger partial charge in [-0.05, 0) is 66.6 Å². The first-order valence-electron chi connectivity index (χ1n) is 9.16. The van der Waals surface area contributed by atoms with E-state index in [-0.39, 0.29) is 16.3 Å². The van der Waals surface area contributed by atoms with Gasteiger partial charge in [0.2, 0.25) is 0 Å². The fraction of sp³-hybridized carbons (Fsp3) is 0.136. The summed E-state index contributed by atoms with van der Waals surface area (Å²) in [5.41, 5.74) is 2.52. The van der Waals surface area contributed by atoms with Gasteiger partial charge in [-0.2, -0.15) is 4.31 Å². The molecule has 0 unspecified atom stereocenters. The number of amides is 1. The summed E-state index contributed by atoms with van der Waals surface area (Å²) >= 11 is 0. The molecular weight excluding hydrogens is 388 g/mol. The molecule has 0 bridgehead atoms. The van der Waals surface area contributed by atoms with Gasteiger partial charge in [-0.3, -0.25) is 4.79 Å². The van der Waals surface area contributed by atoms with E-state index in [0.29, 0.717) is 5.56 Å². The van der Waals surface area contributed by atoms with Crippen LogP contribution in [0.2, 0.25) is 0 Å². The van der Waals surface area contributed by atoms with E-state index in [9.17, 15) is 18.3 Å². The lowest BCUT2D eigenvalue weighted by Crippen LogP contribution is -2.37. The summed E-state index contributed by atoms with van der Waals surface area (Å²) in [5, 5.41) is 9.59. The fourth-order valence-electron chi connectivity index (χ4n) is 3.47. The smallest absolute Gasteiger partial charge is 0.272 e. The quantitative estimate of drug-likeness (QED) is 0.716. The highest BCUT2D eigenvalue weighted by atomic mass is 32.2. The van der Waals surface area contributed by atoms with Crippen molar-refractivity contribution >= 4 is 27.3 Å². The first kappa shape index (κ1) is 19.0. The van der Waals surface area contributed by atoms with Gasteiger partial charge in [-0.25, -0.2) is 8.42 Å². The predicted molar refractivity (Wildman–Crippen MR) is 112 cm³/mol. The molecule has 7 heteroatoms. The lowest BCUT2D eigenvalue weighted by molar-refractivity contribution is 0.101. The lowest BCUT2D eigenvalue weighted by atomic mass is 10.1. The number of hydrogen-bond donors (Lipinski definition) is 1. The van der Waals surface area contributed by atoms with Crippen LogP contribution in [0.3, 0.4) is 0 Å². The van der Waals surface area contributed by atoms with Crippen LogP contribution in [-0.4, -0.2) is 33.0 Å². The highest BCUT2D eigenvalue weighted by Crippen LogP contribution is 2.31. The Hall–Kier alpha value is -3.32. The number of phenolic OH excluding ortho intramolecular Hbond substituents is 1. The maximum atomic E-state index is 13.4. The number of phenols is 1. The van der Waals surface area contributed by atoms with Crippen LogP contribution in [0.15, 0.2) is 77.7 Å². The Morgan fingerprint density at radius 2 is 1.69 bits per heavy atom. The van der Waals surface area contributed by atoms with Crippen molar-refractivity contribution in [3.63, 3.8) is 0 Å². The van der Waals surface area contributed by atoms with Crippen molar-refractivity contribution in [1.82, 2.24) is 0 Å². The summed E-state index contributed by atoms with van der Waals surface area (Å²) < 4.78 is 27.5. The van der Waals surface area contributed by atoms with Gasteiger partial charge in [0.1, 0.15) is 5.75 Å². The highest BCUT2D eigenvalue weighted by Gasteiger charge is 2.32. The summed E-state index contributed by atoms with van der Waals surface area (Å²) in [6, 6.07) is 18.6. The number of hydrogen-bond acceptors (Lipinski definition) is 5. The van der Waals surface area contributed by atoms with Gasteiger partial charge < -0.3 is 10.0 Å². The van der Waals surface area contributed by atoms with Crippen LogP contribution in [0, 0.1) is 0 Å². The summed E-state index contributed by atoms with van der Waals surface area (Å²) in [4.78, 5) is 15.5. The minimum Gasteiger partial charge on any atom is -0.508 e. The van der Waals surface area contributed by atoms with Crippen LogP contribution in [0.5, 0.6) is 5.75 Å². The Balaban J connectivity index is 1.83. The third-order valence-corrected chi connectivity index (χ3v) is 6.73. The summed E-state index contributed by atoms with van der Waals surface area (Å²) in [5.74, 6) is -0.657. The van der Waals surface area contributed by atoms with Gasteiger partial charge in [-0.1, -0.05) is 18.2 Å². The number of fused-ring (bicyclic) bond motifs is 1. The number of sulfonamides is 1. The van der Waals surface area contributed by atoms with Crippen LogP contribution in [0.25, 0.3) is 0 Å². The average molecular weight is 408 g/mol. The average Bonchev–Trinajstić information content (AvgIpc) is 3.10. The highest BCUT2D eigenvalue weighted by molar-refractivity contribution is 7.93. The minimum atomic E-state index is -4.15. The van der Waals surface area contributed by atoms with E-state index in [4.69, 9.17) is 0 Å². The van der Waals surface area contributed by atoms with Crippen molar-refractivity contribution in [3.05, 3.63) is 83.9 Å². The third-order valence-electron chi connectivity index (χ3n) is 5.00. The van der Waals surface area contributed by atoms with E-state index in [1.165, 1.54) is 36.4 Å². The molecule has 0 aromatic heterocycles. The third kappa shape index (κ3) is 3.45. The second-order valence-electron chi connectivity index (χ2n) is 6.92. The van der Waals surface area contributed by atoms with Crippen molar-refractivity contribution in [2.24, 2.45) is 0 Å². The van der Waals surface area contributed by atoms with E-state index in [1.807, 2.05) is 13.1 Å². The molecule has 3 aromatic carbocycles. The monoisotopic (exact) mass is 408 g/mol. The summed E-state index contributed by atoms with van der Waals surface area (Å²) in [7, 11) is -2.17. The van der Waals surface area contributed by atoms with E-state index in [1.54, 1.807) is 30.3 Å². The Morgan fingerprint density at radius 3 is 2.38 bits per heavy atom. The van der Waals surface area contributed by atoms with Gasteiger partial charge >= 0.3 is 0 Å². The standard InChI is InChI=1S/C22H20N2O4S/c1-23-14-13-16-15-17(7-12-21(16)23)22(26)24(18-8-10-19(25)11-9-18)29(27,28)20-5-3-2-4-6-20/h2-12,15,25H,13-14H2,1H3. The van der Waals surface area contributed by atoms with Gasteiger partial charge in [0.05, 0.1) is 10.6 Å². The van der Waals surface area contributed by atoms with E-state index in [2.05, 4.69) is 4.90 Å². The zero-order chi connectivity index (χ0) is 20.6.